The maximum Gasteiger partial charge on any atom is 0.292 e. The predicted molar refractivity (Wildman–Crippen MR) is 68.7 cm³/mol. The highest BCUT2D eigenvalue weighted by Crippen LogP contribution is 2.19. The van der Waals surface area contributed by atoms with Gasteiger partial charge in [-0.15, -0.1) is 0 Å². The van der Waals surface area contributed by atoms with E-state index in [1.807, 2.05) is 12.1 Å². The summed E-state index contributed by atoms with van der Waals surface area (Å²) in [6.45, 7) is 0.557. The fraction of sp³-hybridized carbons (Fsp3) is 0.250. The van der Waals surface area contributed by atoms with Crippen LogP contribution in [-0.2, 0) is 0 Å². The molecule has 2 rings (SSSR count). The summed E-state index contributed by atoms with van der Waals surface area (Å²) in [7, 11) is 1.50. The van der Waals surface area contributed by atoms with Crippen LogP contribution in [0.5, 0.6) is 0 Å². The summed E-state index contributed by atoms with van der Waals surface area (Å²) >= 11 is 0. The Morgan fingerprint density at radius 2 is 2.11 bits per heavy atom. The number of hydrogen-bond acceptors (Lipinski definition) is 6. The Kier molecular flexibility index (Phi) is 4.09. The molecule has 0 radical (unpaired) electrons. The number of carbonyl (C=O) groups excluding carboxylic acids is 1. The molecule has 19 heavy (non-hydrogen) atoms. The second kappa shape index (κ2) is 5.96. The Morgan fingerprint density at radius 1 is 1.37 bits per heavy atom. The van der Waals surface area contributed by atoms with Gasteiger partial charge in [0.05, 0.1) is 6.61 Å². The van der Waals surface area contributed by atoms with E-state index in [1.165, 1.54) is 7.05 Å². The first kappa shape index (κ1) is 13.0. The van der Waals surface area contributed by atoms with Crippen LogP contribution >= 0.6 is 0 Å². The van der Waals surface area contributed by atoms with Crippen molar-refractivity contribution in [3.05, 3.63) is 30.1 Å². The van der Waals surface area contributed by atoms with Crippen LogP contribution in [-0.4, -0.2) is 41.4 Å². The molecule has 1 aromatic carbocycles. The lowest BCUT2D eigenvalue weighted by Gasteiger charge is -2.03. The molecule has 7 heteroatoms. The minimum Gasteiger partial charge on any atom is -0.395 e. The summed E-state index contributed by atoms with van der Waals surface area (Å²) in [6, 6.07) is 7.24. The molecule has 0 spiro atoms. The fourth-order valence-corrected chi connectivity index (χ4v) is 1.48. The molecule has 0 aliphatic rings. The van der Waals surface area contributed by atoms with Crippen molar-refractivity contribution in [1.29, 1.82) is 0 Å². The van der Waals surface area contributed by atoms with Gasteiger partial charge in [-0.25, -0.2) is 0 Å². The van der Waals surface area contributed by atoms with E-state index in [-0.39, 0.29) is 18.3 Å². The summed E-state index contributed by atoms with van der Waals surface area (Å²) in [5.41, 5.74) is 1.60. The topological polar surface area (TPSA) is 100 Å². The number of aromatic nitrogens is 2. The molecule has 0 saturated heterocycles. The van der Waals surface area contributed by atoms with Crippen LogP contribution in [0.15, 0.2) is 28.8 Å². The number of aliphatic hydroxyl groups is 1. The Balaban J connectivity index is 2.13. The van der Waals surface area contributed by atoms with Crippen LogP contribution in [0.25, 0.3) is 11.5 Å². The number of nitrogens with zero attached hydrogens (tertiary/aromatic N) is 2. The number of aliphatic hydroxyl groups excluding tert-OH is 1. The summed E-state index contributed by atoms with van der Waals surface area (Å²) < 4.78 is 5.01. The number of hydrogen-bond donors (Lipinski definition) is 3. The van der Waals surface area contributed by atoms with Gasteiger partial charge in [0.25, 0.3) is 17.6 Å². The van der Waals surface area contributed by atoms with Crippen LogP contribution < -0.4 is 10.6 Å². The fourth-order valence-electron chi connectivity index (χ4n) is 1.48. The van der Waals surface area contributed by atoms with Gasteiger partial charge < -0.3 is 20.3 Å². The average molecular weight is 262 g/mol. The van der Waals surface area contributed by atoms with Crippen molar-refractivity contribution in [1.82, 2.24) is 15.5 Å². The minimum absolute atomic E-state index is 0.0000166. The number of benzene rings is 1. The molecule has 0 bridgehead atoms. The summed E-state index contributed by atoms with van der Waals surface area (Å²) in [4.78, 5) is 15.3. The van der Waals surface area contributed by atoms with Gasteiger partial charge in [0.2, 0.25) is 0 Å². The van der Waals surface area contributed by atoms with Crippen molar-refractivity contribution in [3.63, 3.8) is 0 Å². The van der Waals surface area contributed by atoms with Crippen molar-refractivity contribution >= 4 is 11.6 Å². The van der Waals surface area contributed by atoms with Gasteiger partial charge in [-0.05, 0) is 24.3 Å². The first-order valence-electron chi connectivity index (χ1n) is 5.75. The van der Waals surface area contributed by atoms with Crippen LogP contribution in [0.4, 0.5) is 5.69 Å². The van der Waals surface area contributed by atoms with Gasteiger partial charge in [-0.3, -0.25) is 4.79 Å². The largest absolute Gasteiger partial charge is 0.395 e. The summed E-state index contributed by atoms with van der Waals surface area (Å²) in [5, 5.41) is 17.7. The third kappa shape index (κ3) is 3.08. The third-order valence-electron chi connectivity index (χ3n) is 2.43. The zero-order chi connectivity index (χ0) is 13.7. The van der Waals surface area contributed by atoms with E-state index in [0.29, 0.717) is 6.54 Å². The number of anilines is 1. The molecule has 0 atom stereocenters. The lowest BCUT2D eigenvalue weighted by molar-refractivity contribution is 0.0950. The Bertz CT molecular complexity index is 550. The van der Waals surface area contributed by atoms with Crippen molar-refractivity contribution < 1.29 is 14.4 Å². The van der Waals surface area contributed by atoms with E-state index in [1.54, 1.807) is 12.1 Å². The van der Waals surface area contributed by atoms with Gasteiger partial charge >= 0.3 is 0 Å². The van der Waals surface area contributed by atoms with E-state index < -0.39 is 5.91 Å². The first-order chi connectivity index (χ1) is 9.24. The lowest BCUT2D eigenvalue weighted by Crippen LogP contribution is -2.19. The van der Waals surface area contributed by atoms with Gasteiger partial charge in [-0.1, -0.05) is 5.16 Å². The highest BCUT2D eigenvalue weighted by atomic mass is 16.5. The SMILES string of the molecule is CNC(=O)c1noc(-c2ccc(NCCO)cc2)n1. The molecular formula is C12H14N4O3. The average Bonchev–Trinajstić information content (AvgIpc) is 2.94. The van der Waals surface area contributed by atoms with Gasteiger partial charge in [0, 0.05) is 24.8 Å². The van der Waals surface area contributed by atoms with Crippen LogP contribution in [0.3, 0.4) is 0 Å². The van der Waals surface area contributed by atoms with E-state index in [9.17, 15) is 4.79 Å². The van der Waals surface area contributed by atoms with E-state index in [2.05, 4.69) is 20.8 Å². The molecule has 1 aromatic heterocycles. The highest BCUT2D eigenvalue weighted by Gasteiger charge is 2.13. The molecule has 0 saturated carbocycles. The number of nitrogens with one attached hydrogen (secondary N) is 2. The Labute approximate surface area is 109 Å². The predicted octanol–water partition coefficient (Wildman–Crippen LogP) is 0.500. The third-order valence-corrected chi connectivity index (χ3v) is 2.43. The minimum atomic E-state index is -0.392. The van der Waals surface area contributed by atoms with Crippen molar-refractivity contribution in [3.8, 4) is 11.5 Å². The highest BCUT2D eigenvalue weighted by molar-refractivity contribution is 5.90. The second-order valence-corrected chi connectivity index (χ2v) is 3.73. The zero-order valence-electron chi connectivity index (χ0n) is 10.4. The van der Waals surface area contributed by atoms with Crippen molar-refractivity contribution in [2.45, 2.75) is 0 Å². The van der Waals surface area contributed by atoms with Crippen molar-refractivity contribution in [2.24, 2.45) is 0 Å². The summed E-state index contributed by atoms with van der Waals surface area (Å²) in [6.07, 6.45) is 0. The molecule has 0 fully saturated rings. The number of carbonyl (C=O) groups is 1. The lowest BCUT2D eigenvalue weighted by atomic mass is 10.2. The molecule has 0 aliphatic heterocycles. The first-order valence-corrected chi connectivity index (χ1v) is 5.75. The molecule has 0 unspecified atom stereocenters. The standard InChI is InChI=1S/C12H14N4O3/c1-13-11(18)10-15-12(19-16-10)8-2-4-9(5-3-8)14-6-7-17/h2-5,14,17H,6-7H2,1H3,(H,13,18). The van der Waals surface area contributed by atoms with Crippen LogP contribution in [0, 0.1) is 0 Å². The quantitative estimate of drug-likeness (QED) is 0.725. The second-order valence-electron chi connectivity index (χ2n) is 3.73. The maximum absolute atomic E-state index is 11.3. The number of rotatable bonds is 5. The molecular weight excluding hydrogens is 248 g/mol. The van der Waals surface area contributed by atoms with E-state index in [0.717, 1.165) is 11.3 Å². The Morgan fingerprint density at radius 3 is 2.74 bits per heavy atom. The van der Waals surface area contributed by atoms with Gasteiger partial charge in [0.15, 0.2) is 0 Å². The van der Waals surface area contributed by atoms with Gasteiger partial charge in [0.1, 0.15) is 0 Å². The summed E-state index contributed by atoms with van der Waals surface area (Å²) in [5.74, 6) is -0.108. The maximum atomic E-state index is 11.3. The number of amides is 1. The van der Waals surface area contributed by atoms with Crippen LogP contribution in [0.2, 0.25) is 0 Å². The molecule has 2 aromatic rings. The Hall–Kier alpha value is -2.41. The molecule has 7 nitrogen and oxygen atoms in total. The van der Waals surface area contributed by atoms with E-state index >= 15 is 0 Å². The molecule has 100 valence electrons. The molecule has 0 aliphatic carbocycles. The molecule has 1 amide bonds. The normalized spacial score (nSPS) is 10.2. The van der Waals surface area contributed by atoms with Crippen LogP contribution in [0.1, 0.15) is 10.6 Å². The molecule has 1 heterocycles. The monoisotopic (exact) mass is 262 g/mol. The van der Waals surface area contributed by atoms with E-state index in [4.69, 9.17) is 9.63 Å². The zero-order valence-corrected chi connectivity index (χ0v) is 10.4. The van der Waals surface area contributed by atoms with Crippen molar-refractivity contribution in [2.75, 3.05) is 25.5 Å². The van der Waals surface area contributed by atoms with Gasteiger partial charge in [-0.2, -0.15) is 4.98 Å². The smallest absolute Gasteiger partial charge is 0.292 e. The molecule has 3 N–H and O–H groups in total.